The van der Waals surface area contributed by atoms with Gasteiger partial charge in [0.15, 0.2) is 0 Å². The van der Waals surface area contributed by atoms with E-state index >= 15 is 0 Å². The fourth-order valence-corrected chi connectivity index (χ4v) is 7.83. The van der Waals surface area contributed by atoms with Crippen molar-refractivity contribution in [2.45, 2.75) is 19.1 Å². The maximum Gasteiger partial charge on any atom is 0.147 e. The largest absolute Gasteiger partial charge is 0.364 e. The van der Waals surface area contributed by atoms with Gasteiger partial charge in [0.05, 0.1) is 17.4 Å². The van der Waals surface area contributed by atoms with E-state index in [1.54, 1.807) is 6.08 Å². The van der Waals surface area contributed by atoms with E-state index in [0.717, 1.165) is 22.4 Å². The van der Waals surface area contributed by atoms with Gasteiger partial charge in [0.2, 0.25) is 0 Å². The van der Waals surface area contributed by atoms with Crippen LogP contribution in [0.2, 0.25) is 0 Å². The van der Waals surface area contributed by atoms with Gasteiger partial charge < -0.3 is 9.80 Å². The van der Waals surface area contributed by atoms with Crippen LogP contribution in [0.25, 0.3) is 33.2 Å². The van der Waals surface area contributed by atoms with Crippen LogP contribution in [0.3, 0.4) is 0 Å². The van der Waals surface area contributed by atoms with Crippen LogP contribution in [0.15, 0.2) is 218 Å². The molecule has 2 heterocycles. The molecular weight excluding hydrogens is 691 g/mol. The summed E-state index contributed by atoms with van der Waals surface area (Å²) in [5, 5.41) is 2.48. The molecule has 278 valence electrons. The standard InChI is InChI=1S/C49H39N3.C5H8/c1-51-45(38-17-8-4-9-18-38)32-42(34-14-6-3-7-15-34)33-46(51)39-26-22-35(23-27-39)36-24-28-40(29-25-36)47-44-31-30-37-16-12-13-21-43(37)48(44)52(2)49(50-47)41-19-10-5-11-20-41;1-4-5(2)3/h3-33,45,49H,1-2H3;4H,1-2H2,3H3. The fraction of sp³-hybridized carbons (Fsp3) is 0.0926. The third kappa shape index (κ3) is 7.65. The highest BCUT2D eigenvalue weighted by molar-refractivity contribution is 6.20. The number of hydrogen-bond acceptors (Lipinski definition) is 3. The Morgan fingerprint density at radius 1 is 0.561 bits per heavy atom. The molecule has 2 aliphatic heterocycles. The Bertz CT molecular complexity index is 2620. The van der Waals surface area contributed by atoms with Crippen molar-refractivity contribution in [3.8, 4) is 11.1 Å². The summed E-state index contributed by atoms with van der Waals surface area (Å²) in [4.78, 5) is 10.1. The Hall–Kier alpha value is -6.97. The van der Waals surface area contributed by atoms with E-state index in [-0.39, 0.29) is 12.2 Å². The second kappa shape index (κ2) is 16.4. The molecule has 0 spiro atoms. The van der Waals surface area contributed by atoms with Gasteiger partial charge in [0.25, 0.3) is 0 Å². The first-order valence-electron chi connectivity index (χ1n) is 19.5. The molecule has 0 fully saturated rings. The molecule has 0 amide bonds. The molecule has 3 heteroatoms. The highest BCUT2D eigenvalue weighted by Gasteiger charge is 2.29. The zero-order valence-electron chi connectivity index (χ0n) is 32.9. The Kier molecular flexibility index (Phi) is 10.6. The van der Waals surface area contributed by atoms with E-state index in [1.807, 2.05) is 6.92 Å². The zero-order valence-corrected chi connectivity index (χ0v) is 32.9. The molecule has 0 aromatic heterocycles. The predicted molar refractivity (Wildman–Crippen MR) is 243 cm³/mol. The number of nitrogens with zero attached hydrogens (tertiary/aromatic N) is 3. The molecule has 57 heavy (non-hydrogen) atoms. The molecule has 7 aromatic rings. The molecule has 0 radical (unpaired) electrons. The maximum atomic E-state index is 5.41. The average molecular weight is 738 g/mol. The molecule has 9 rings (SSSR count). The Morgan fingerprint density at radius 2 is 1.09 bits per heavy atom. The first-order valence-corrected chi connectivity index (χ1v) is 19.5. The summed E-state index contributed by atoms with van der Waals surface area (Å²) in [6.07, 6.45) is 6.31. The van der Waals surface area contributed by atoms with Crippen molar-refractivity contribution in [1.82, 2.24) is 4.90 Å². The second-order valence-corrected chi connectivity index (χ2v) is 14.7. The van der Waals surface area contributed by atoms with Gasteiger partial charge >= 0.3 is 0 Å². The number of likely N-dealkylation sites (N-methyl/N-ethyl adjacent to an activating group) is 1. The highest BCUT2D eigenvalue weighted by atomic mass is 15.2. The van der Waals surface area contributed by atoms with Crippen LogP contribution in [-0.2, 0) is 0 Å². The van der Waals surface area contributed by atoms with E-state index in [1.165, 1.54) is 61.1 Å². The van der Waals surface area contributed by atoms with Crippen molar-refractivity contribution in [1.29, 1.82) is 0 Å². The number of allylic oxidation sites excluding steroid dienone is 4. The van der Waals surface area contributed by atoms with E-state index in [0.29, 0.717) is 0 Å². The summed E-state index contributed by atoms with van der Waals surface area (Å²) in [6, 6.07) is 63.2. The Balaban J connectivity index is 0.000000859. The number of benzene rings is 7. The van der Waals surface area contributed by atoms with Crippen LogP contribution in [0.1, 0.15) is 52.5 Å². The summed E-state index contributed by atoms with van der Waals surface area (Å²) in [7, 11) is 4.36. The van der Waals surface area contributed by atoms with Gasteiger partial charge in [-0.25, -0.2) is 0 Å². The SMILES string of the molecule is C=CC(=C)C.CN1C(c2ccc(-c3ccc(C4=NC(c5ccccc5)N(C)c5c4ccc4ccccc54)cc3)cc2)=CC(c2ccccc2)=CC1c1ccccc1. The van der Waals surface area contributed by atoms with Gasteiger partial charge in [0, 0.05) is 36.3 Å². The molecule has 0 aliphatic carbocycles. The van der Waals surface area contributed by atoms with Crippen molar-refractivity contribution >= 4 is 33.4 Å². The Morgan fingerprint density at radius 3 is 1.70 bits per heavy atom. The molecule has 0 bridgehead atoms. The third-order valence-corrected chi connectivity index (χ3v) is 10.9. The van der Waals surface area contributed by atoms with Crippen LogP contribution < -0.4 is 4.90 Å². The molecule has 2 atom stereocenters. The van der Waals surface area contributed by atoms with Crippen LogP contribution >= 0.6 is 0 Å². The molecule has 3 nitrogen and oxygen atoms in total. The minimum absolute atomic E-state index is 0.118. The lowest BCUT2D eigenvalue weighted by molar-refractivity contribution is 0.413. The van der Waals surface area contributed by atoms with Crippen molar-refractivity contribution in [2.24, 2.45) is 4.99 Å². The predicted octanol–water partition coefficient (Wildman–Crippen LogP) is 13.4. The number of rotatable bonds is 7. The van der Waals surface area contributed by atoms with Crippen molar-refractivity contribution in [3.63, 3.8) is 0 Å². The van der Waals surface area contributed by atoms with Crippen molar-refractivity contribution in [2.75, 3.05) is 19.0 Å². The summed E-state index contributed by atoms with van der Waals surface area (Å²) >= 11 is 0. The van der Waals surface area contributed by atoms with Gasteiger partial charge in [-0.1, -0.05) is 201 Å². The van der Waals surface area contributed by atoms with Gasteiger partial charge in [-0.05, 0) is 63.4 Å². The summed E-state index contributed by atoms with van der Waals surface area (Å²) in [5.41, 5.74) is 15.2. The molecule has 0 saturated heterocycles. The van der Waals surface area contributed by atoms with Gasteiger partial charge in [-0.2, -0.15) is 0 Å². The van der Waals surface area contributed by atoms with E-state index in [4.69, 9.17) is 4.99 Å². The lowest BCUT2D eigenvalue weighted by Crippen LogP contribution is -2.30. The summed E-state index contributed by atoms with van der Waals surface area (Å²) in [5.74, 6) is 0. The van der Waals surface area contributed by atoms with Crippen LogP contribution in [-0.4, -0.2) is 24.7 Å². The van der Waals surface area contributed by atoms with Crippen LogP contribution in [0.5, 0.6) is 0 Å². The number of aliphatic imine (C=N–C) groups is 1. The van der Waals surface area contributed by atoms with Gasteiger partial charge in [0.1, 0.15) is 6.17 Å². The molecule has 0 saturated carbocycles. The van der Waals surface area contributed by atoms with E-state index in [2.05, 4.69) is 225 Å². The monoisotopic (exact) mass is 737 g/mol. The first-order chi connectivity index (χ1) is 27.9. The molecular formula is C54H47N3. The number of anilines is 1. The first kappa shape index (κ1) is 37.0. The topological polar surface area (TPSA) is 18.8 Å². The lowest BCUT2D eigenvalue weighted by Gasteiger charge is -2.35. The fourth-order valence-electron chi connectivity index (χ4n) is 7.83. The van der Waals surface area contributed by atoms with E-state index < -0.39 is 0 Å². The lowest BCUT2D eigenvalue weighted by atomic mass is 9.91. The number of hydrogen-bond donors (Lipinski definition) is 0. The van der Waals surface area contributed by atoms with Crippen LogP contribution in [0.4, 0.5) is 5.69 Å². The number of fused-ring (bicyclic) bond motifs is 3. The second-order valence-electron chi connectivity index (χ2n) is 14.7. The molecule has 2 aliphatic rings. The molecule has 2 unspecified atom stereocenters. The van der Waals surface area contributed by atoms with Gasteiger partial charge in [-0.3, -0.25) is 4.99 Å². The Labute approximate surface area is 337 Å². The smallest absolute Gasteiger partial charge is 0.147 e. The molecule has 7 aromatic carbocycles. The normalized spacial score (nSPS) is 16.0. The van der Waals surface area contributed by atoms with Gasteiger partial charge in [-0.15, -0.1) is 0 Å². The van der Waals surface area contributed by atoms with Crippen LogP contribution in [0, 0.1) is 0 Å². The van der Waals surface area contributed by atoms with E-state index in [9.17, 15) is 0 Å². The minimum Gasteiger partial charge on any atom is -0.364 e. The highest BCUT2D eigenvalue weighted by Crippen LogP contribution is 2.42. The van der Waals surface area contributed by atoms with Crippen molar-refractivity contribution in [3.05, 3.63) is 246 Å². The summed E-state index contributed by atoms with van der Waals surface area (Å²) < 4.78 is 0. The zero-order chi connectivity index (χ0) is 39.3. The average Bonchev–Trinajstić information content (AvgIpc) is 3.27. The molecule has 0 N–H and O–H groups in total. The maximum absolute atomic E-state index is 5.41. The summed E-state index contributed by atoms with van der Waals surface area (Å²) in [6.45, 7) is 8.93. The minimum atomic E-state index is -0.118. The third-order valence-electron chi connectivity index (χ3n) is 10.9. The van der Waals surface area contributed by atoms with Crippen molar-refractivity contribution < 1.29 is 0 Å². The quantitative estimate of drug-likeness (QED) is 0.152.